The molecule has 0 aliphatic carbocycles. The second-order valence-corrected chi connectivity index (χ2v) is 6.10. The molecule has 0 unspecified atom stereocenters. The summed E-state index contributed by atoms with van der Waals surface area (Å²) < 4.78 is 24.2. The zero-order valence-corrected chi connectivity index (χ0v) is 10.6. The highest BCUT2D eigenvalue weighted by Gasteiger charge is 2.15. The van der Waals surface area contributed by atoms with Gasteiger partial charge in [-0.2, -0.15) is 0 Å². The van der Waals surface area contributed by atoms with Crippen molar-refractivity contribution in [3.8, 4) is 0 Å². The van der Waals surface area contributed by atoms with Gasteiger partial charge >= 0.3 is 0 Å². The predicted octanol–water partition coefficient (Wildman–Crippen LogP) is 1.95. The molecular weight excluding hydrogens is 262 g/mol. The highest BCUT2D eigenvalue weighted by Crippen LogP contribution is 2.23. The summed E-state index contributed by atoms with van der Waals surface area (Å²) >= 11 is 0. The number of pyridine rings is 1. The zero-order chi connectivity index (χ0) is 12.6. The molecule has 0 aliphatic heterocycles. The Kier molecular flexibility index (Phi) is 2.97. The van der Waals surface area contributed by atoms with E-state index >= 15 is 0 Å². The molecule has 0 aliphatic rings. The average Bonchev–Trinajstić information content (AvgIpc) is 2.28. The number of aromatic nitrogens is 1. The molecule has 17 heavy (non-hydrogen) atoms. The third kappa shape index (κ3) is 2.08. The number of rotatable bonds is 2. The molecule has 4 nitrogen and oxygen atoms in total. The highest BCUT2D eigenvalue weighted by molar-refractivity contribution is 8.14. The molecular formula is C11H10ClNO3S. The van der Waals surface area contributed by atoms with Crippen LogP contribution in [0.1, 0.15) is 6.92 Å². The second kappa shape index (κ2) is 4.16. The normalized spacial score (nSPS) is 11.9. The van der Waals surface area contributed by atoms with Crippen molar-refractivity contribution in [1.82, 2.24) is 4.57 Å². The first-order chi connectivity index (χ1) is 7.95. The molecule has 0 saturated heterocycles. The van der Waals surface area contributed by atoms with Gasteiger partial charge in [-0.3, -0.25) is 4.79 Å². The molecule has 0 radical (unpaired) electrons. The first-order valence-electron chi connectivity index (χ1n) is 5.02. The van der Waals surface area contributed by atoms with Gasteiger partial charge in [0.2, 0.25) is 0 Å². The molecule has 1 aromatic heterocycles. The van der Waals surface area contributed by atoms with Crippen LogP contribution in [0.25, 0.3) is 10.8 Å². The SMILES string of the molecule is CCn1ccc2c(S(=O)(=O)Cl)cccc2c1=O. The monoisotopic (exact) mass is 271 g/mol. The van der Waals surface area contributed by atoms with Crippen molar-refractivity contribution in [1.29, 1.82) is 0 Å². The lowest BCUT2D eigenvalue weighted by atomic mass is 10.2. The van der Waals surface area contributed by atoms with Gasteiger partial charge in [-0.1, -0.05) is 6.07 Å². The van der Waals surface area contributed by atoms with Gasteiger partial charge < -0.3 is 4.57 Å². The molecule has 1 aromatic carbocycles. The van der Waals surface area contributed by atoms with Crippen LogP contribution in [0.15, 0.2) is 40.2 Å². The number of aryl methyl sites for hydroxylation is 1. The third-order valence-corrected chi connectivity index (χ3v) is 3.96. The fourth-order valence-corrected chi connectivity index (χ4v) is 2.84. The number of halogens is 1. The predicted molar refractivity (Wildman–Crippen MR) is 66.9 cm³/mol. The van der Waals surface area contributed by atoms with E-state index in [4.69, 9.17) is 10.7 Å². The van der Waals surface area contributed by atoms with Gasteiger partial charge in [0.1, 0.15) is 0 Å². The van der Waals surface area contributed by atoms with Gasteiger partial charge in [0, 0.05) is 34.2 Å². The minimum atomic E-state index is -3.84. The van der Waals surface area contributed by atoms with E-state index in [1.165, 1.54) is 16.7 Å². The van der Waals surface area contributed by atoms with E-state index in [-0.39, 0.29) is 10.5 Å². The fourth-order valence-electron chi connectivity index (χ4n) is 1.75. The lowest BCUT2D eigenvalue weighted by Gasteiger charge is -2.06. The van der Waals surface area contributed by atoms with Crippen LogP contribution in [0.2, 0.25) is 0 Å². The number of fused-ring (bicyclic) bond motifs is 1. The molecule has 0 saturated carbocycles. The molecule has 0 fully saturated rings. The Morgan fingerprint density at radius 3 is 2.53 bits per heavy atom. The lowest BCUT2D eigenvalue weighted by molar-refractivity contribution is 0.610. The number of hydrogen-bond donors (Lipinski definition) is 0. The fraction of sp³-hybridized carbons (Fsp3) is 0.182. The van der Waals surface area contributed by atoms with Crippen LogP contribution in [0.5, 0.6) is 0 Å². The van der Waals surface area contributed by atoms with Crippen molar-refractivity contribution < 1.29 is 8.42 Å². The van der Waals surface area contributed by atoms with Gasteiger partial charge in [-0.05, 0) is 25.1 Å². The minimum absolute atomic E-state index is 0.0305. The summed E-state index contributed by atoms with van der Waals surface area (Å²) in [5.41, 5.74) is -0.216. The standard InChI is InChI=1S/C11H10ClNO3S/c1-2-13-7-6-8-9(11(13)14)4-3-5-10(8)17(12,15)16/h3-7H,2H2,1H3. The van der Waals surface area contributed by atoms with Gasteiger partial charge in [0.15, 0.2) is 0 Å². The summed E-state index contributed by atoms with van der Waals surface area (Å²) in [7, 11) is 1.49. The average molecular weight is 272 g/mol. The van der Waals surface area contributed by atoms with E-state index in [1.54, 1.807) is 18.3 Å². The van der Waals surface area contributed by atoms with Crippen LogP contribution in [0, 0.1) is 0 Å². The summed E-state index contributed by atoms with van der Waals surface area (Å²) in [6.07, 6.45) is 1.57. The molecule has 0 bridgehead atoms. The molecule has 0 amide bonds. The van der Waals surface area contributed by atoms with Crippen molar-refractivity contribution in [2.75, 3.05) is 0 Å². The van der Waals surface area contributed by atoms with Gasteiger partial charge in [0.25, 0.3) is 14.6 Å². The summed E-state index contributed by atoms with van der Waals surface area (Å²) in [6.45, 7) is 2.38. The first kappa shape index (κ1) is 12.1. The summed E-state index contributed by atoms with van der Waals surface area (Å²) in [4.78, 5) is 11.9. The van der Waals surface area contributed by atoms with E-state index in [1.807, 2.05) is 6.92 Å². The van der Waals surface area contributed by atoms with Crippen LogP contribution in [-0.4, -0.2) is 13.0 Å². The molecule has 2 aromatic rings. The Balaban J connectivity index is 2.95. The number of benzene rings is 1. The smallest absolute Gasteiger partial charge is 0.261 e. The first-order valence-corrected chi connectivity index (χ1v) is 7.33. The van der Waals surface area contributed by atoms with Crippen LogP contribution < -0.4 is 5.56 Å². The minimum Gasteiger partial charge on any atom is -0.315 e. The summed E-state index contributed by atoms with van der Waals surface area (Å²) in [5.74, 6) is 0. The third-order valence-electron chi connectivity index (χ3n) is 2.58. The van der Waals surface area contributed by atoms with Gasteiger partial charge in [0.05, 0.1) is 4.90 Å². The van der Waals surface area contributed by atoms with E-state index in [2.05, 4.69) is 0 Å². The Bertz CT molecular complexity index is 734. The van der Waals surface area contributed by atoms with Crippen LogP contribution in [0.3, 0.4) is 0 Å². The van der Waals surface area contributed by atoms with Crippen molar-refractivity contribution in [3.63, 3.8) is 0 Å². The van der Waals surface area contributed by atoms with Crippen molar-refractivity contribution in [3.05, 3.63) is 40.8 Å². The maximum atomic E-state index is 12.0. The molecule has 90 valence electrons. The second-order valence-electron chi connectivity index (χ2n) is 3.56. The van der Waals surface area contributed by atoms with Crippen molar-refractivity contribution in [2.24, 2.45) is 0 Å². The highest BCUT2D eigenvalue weighted by atomic mass is 35.7. The van der Waals surface area contributed by atoms with E-state index in [0.717, 1.165) is 0 Å². The summed E-state index contributed by atoms with van der Waals surface area (Å²) in [5, 5.41) is 0.716. The van der Waals surface area contributed by atoms with Crippen LogP contribution in [-0.2, 0) is 15.6 Å². The molecule has 0 spiro atoms. The summed E-state index contributed by atoms with van der Waals surface area (Å²) in [6, 6.07) is 6.09. The Morgan fingerprint density at radius 1 is 1.24 bits per heavy atom. The van der Waals surface area contributed by atoms with E-state index in [0.29, 0.717) is 17.3 Å². The van der Waals surface area contributed by atoms with Crippen LogP contribution >= 0.6 is 10.7 Å². The largest absolute Gasteiger partial charge is 0.315 e. The Hall–Kier alpha value is -1.33. The zero-order valence-electron chi connectivity index (χ0n) is 9.05. The quantitative estimate of drug-likeness (QED) is 0.785. The lowest BCUT2D eigenvalue weighted by Crippen LogP contribution is -2.18. The van der Waals surface area contributed by atoms with Crippen LogP contribution in [0.4, 0.5) is 0 Å². The number of hydrogen-bond acceptors (Lipinski definition) is 3. The molecule has 2 rings (SSSR count). The molecule has 0 atom stereocenters. The molecule has 0 N–H and O–H groups in total. The topological polar surface area (TPSA) is 56.1 Å². The molecule has 6 heteroatoms. The van der Waals surface area contributed by atoms with Crippen molar-refractivity contribution in [2.45, 2.75) is 18.4 Å². The maximum absolute atomic E-state index is 12.0. The van der Waals surface area contributed by atoms with Gasteiger partial charge in [-0.15, -0.1) is 0 Å². The Labute approximate surface area is 103 Å². The molecule has 1 heterocycles. The Morgan fingerprint density at radius 2 is 1.94 bits per heavy atom. The van der Waals surface area contributed by atoms with E-state index < -0.39 is 9.05 Å². The van der Waals surface area contributed by atoms with Gasteiger partial charge in [-0.25, -0.2) is 8.42 Å². The van der Waals surface area contributed by atoms with E-state index in [9.17, 15) is 13.2 Å². The van der Waals surface area contributed by atoms with Crippen molar-refractivity contribution >= 4 is 30.5 Å². The maximum Gasteiger partial charge on any atom is 0.261 e. The number of nitrogens with zero attached hydrogens (tertiary/aromatic N) is 1.